The number of hydrogen-bond donors (Lipinski definition) is 3. The van der Waals surface area contributed by atoms with Crippen LogP contribution in [0.5, 0.6) is 0 Å². The quantitative estimate of drug-likeness (QED) is 0.356. The van der Waals surface area contributed by atoms with E-state index in [0.29, 0.717) is 12.8 Å². The molecular formula is C24H30O4S. The fourth-order valence-electron chi connectivity index (χ4n) is 4.23. The smallest absolute Gasteiger partial charge is 0.303 e. The fraction of sp³-hybridized carbons (Fsp3) is 0.458. The molecule has 3 rings (SSSR count). The van der Waals surface area contributed by atoms with Crippen LogP contribution < -0.4 is 0 Å². The zero-order chi connectivity index (χ0) is 20.8. The van der Waals surface area contributed by atoms with Crippen molar-refractivity contribution < 1.29 is 20.1 Å². The number of unbranched alkanes of at least 4 members (excludes halogenated alkanes) is 3. The molecule has 0 aliphatic heterocycles. The third-order valence-electron chi connectivity index (χ3n) is 5.81. The van der Waals surface area contributed by atoms with Crippen molar-refractivity contribution >= 4 is 27.4 Å². The number of aliphatic hydroxyl groups is 2. The highest BCUT2D eigenvalue weighted by Crippen LogP contribution is 2.41. The summed E-state index contributed by atoms with van der Waals surface area (Å²) in [4.78, 5) is 11.5. The Morgan fingerprint density at radius 2 is 2.00 bits per heavy atom. The van der Waals surface area contributed by atoms with Gasteiger partial charge in [0.15, 0.2) is 0 Å². The van der Waals surface area contributed by atoms with E-state index >= 15 is 0 Å². The second-order valence-electron chi connectivity index (χ2n) is 7.98. The Hall–Kier alpha value is -1.95. The van der Waals surface area contributed by atoms with Crippen molar-refractivity contribution in [2.75, 3.05) is 0 Å². The van der Waals surface area contributed by atoms with Crippen LogP contribution in [-0.2, 0) is 4.79 Å². The van der Waals surface area contributed by atoms with Gasteiger partial charge in [0.25, 0.3) is 0 Å². The highest BCUT2D eigenvalue weighted by Gasteiger charge is 2.35. The van der Waals surface area contributed by atoms with Gasteiger partial charge < -0.3 is 15.3 Å². The molecule has 1 aromatic heterocycles. The number of benzene rings is 1. The topological polar surface area (TPSA) is 77.8 Å². The minimum atomic E-state index is -0.736. The Labute approximate surface area is 176 Å². The monoisotopic (exact) mass is 414 g/mol. The van der Waals surface area contributed by atoms with Gasteiger partial charge in [-0.15, -0.1) is 11.3 Å². The van der Waals surface area contributed by atoms with E-state index in [0.717, 1.165) is 46.2 Å². The third kappa shape index (κ3) is 5.78. The molecule has 5 heteroatoms. The molecule has 3 N–H and O–H groups in total. The summed E-state index contributed by atoms with van der Waals surface area (Å²) in [5, 5.41) is 30.9. The maximum atomic E-state index is 10.6. The molecule has 1 aromatic carbocycles. The Kier molecular flexibility index (Phi) is 7.64. The molecule has 1 heterocycles. The van der Waals surface area contributed by atoms with E-state index in [1.165, 1.54) is 0 Å². The first-order valence-electron chi connectivity index (χ1n) is 10.4. The molecule has 1 fully saturated rings. The van der Waals surface area contributed by atoms with E-state index in [9.17, 15) is 15.0 Å². The number of carboxylic acids is 1. The standard InChI is InChI=1S/C24H30O4S/c1-16-14-21(26)19(18(16)9-4-2-3-5-11-24(27)28)12-13-20(25)23-15-17-8-6-7-10-22(17)29-23/h6-8,10,12-13,15,18-21,25-26H,1-5,9,11,14H2,(H,27,28)/t18-,19+,20?,21+/m0/s1. The number of carbonyl (C=O) groups is 1. The Morgan fingerprint density at radius 3 is 2.76 bits per heavy atom. The van der Waals surface area contributed by atoms with Crippen LogP contribution in [0.15, 0.2) is 54.6 Å². The fourth-order valence-corrected chi connectivity index (χ4v) is 5.26. The van der Waals surface area contributed by atoms with E-state index in [2.05, 4.69) is 12.6 Å². The van der Waals surface area contributed by atoms with Gasteiger partial charge in [-0.3, -0.25) is 4.79 Å². The van der Waals surface area contributed by atoms with Crippen LogP contribution >= 0.6 is 11.3 Å². The van der Waals surface area contributed by atoms with Crippen molar-refractivity contribution in [2.45, 2.75) is 57.2 Å². The van der Waals surface area contributed by atoms with Gasteiger partial charge in [0, 0.05) is 21.9 Å². The lowest BCUT2D eigenvalue weighted by molar-refractivity contribution is -0.137. The first-order chi connectivity index (χ1) is 14.0. The number of carboxylic acid groups (broad SMARTS) is 1. The van der Waals surface area contributed by atoms with Crippen molar-refractivity contribution in [3.05, 3.63) is 59.5 Å². The van der Waals surface area contributed by atoms with Gasteiger partial charge in [0.05, 0.1) is 6.10 Å². The average Bonchev–Trinajstić information content (AvgIpc) is 3.23. The van der Waals surface area contributed by atoms with E-state index < -0.39 is 18.2 Å². The van der Waals surface area contributed by atoms with E-state index in [4.69, 9.17) is 5.11 Å². The SMILES string of the molecule is C=C1C[C@@H](O)[C@H](C=CC(O)c2cc3ccccc3s2)[C@H]1CCCCCCC(=O)O. The van der Waals surface area contributed by atoms with Gasteiger partial charge in [-0.05, 0) is 42.7 Å². The summed E-state index contributed by atoms with van der Waals surface area (Å²) in [6.45, 7) is 4.16. The van der Waals surface area contributed by atoms with Crippen molar-refractivity contribution in [1.29, 1.82) is 0 Å². The van der Waals surface area contributed by atoms with E-state index in [-0.39, 0.29) is 18.3 Å². The zero-order valence-electron chi connectivity index (χ0n) is 16.7. The summed E-state index contributed by atoms with van der Waals surface area (Å²) >= 11 is 1.59. The van der Waals surface area contributed by atoms with Crippen LogP contribution in [0.1, 0.15) is 55.9 Å². The van der Waals surface area contributed by atoms with Crippen LogP contribution in [0.25, 0.3) is 10.1 Å². The van der Waals surface area contributed by atoms with Crippen LogP contribution in [0.4, 0.5) is 0 Å². The molecule has 1 aliphatic rings. The summed E-state index contributed by atoms with van der Waals surface area (Å²) < 4.78 is 1.16. The molecule has 0 amide bonds. The largest absolute Gasteiger partial charge is 0.481 e. The van der Waals surface area contributed by atoms with Crippen LogP contribution in [-0.4, -0.2) is 27.4 Å². The van der Waals surface area contributed by atoms with Crippen molar-refractivity contribution in [3.63, 3.8) is 0 Å². The predicted molar refractivity (Wildman–Crippen MR) is 118 cm³/mol. The lowest BCUT2D eigenvalue weighted by Crippen LogP contribution is -2.17. The third-order valence-corrected chi connectivity index (χ3v) is 7.00. The first kappa shape index (κ1) is 21.8. The van der Waals surface area contributed by atoms with Gasteiger partial charge in [0.1, 0.15) is 6.10 Å². The zero-order valence-corrected chi connectivity index (χ0v) is 17.5. The normalized spacial score (nSPS) is 23.2. The van der Waals surface area contributed by atoms with Gasteiger partial charge in [-0.25, -0.2) is 0 Å². The minimum absolute atomic E-state index is 0.0226. The number of rotatable bonds is 10. The molecule has 156 valence electrons. The Morgan fingerprint density at radius 1 is 1.24 bits per heavy atom. The molecule has 1 aliphatic carbocycles. The van der Waals surface area contributed by atoms with Gasteiger partial charge in [-0.2, -0.15) is 0 Å². The van der Waals surface area contributed by atoms with Gasteiger partial charge in [-0.1, -0.05) is 61.8 Å². The van der Waals surface area contributed by atoms with Crippen LogP contribution in [0, 0.1) is 11.8 Å². The maximum absolute atomic E-state index is 10.6. The first-order valence-corrected chi connectivity index (χ1v) is 11.2. The van der Waals surface area contributed by atoms with Crippen molar-refractivity contribution in [1.82, 2.24) is 0 Å². The van der Waals surface area contributed by atoms with Gasteiger partial charge in [0.2, 0.25) is 0 Å². The molecule has 4 nitrogen and oxygen atoms in total. The number of thiophene rings is 1. The molecule has 0 bridgehead atoms. The lowest BCUT2D eigenvalue weighted by atomic mass is 9.87. The average molecular weight is 415 g/mol. The summed E-state index contributed by atoms with van der Waals surface area (Å²) in [5.41, 5.74) is 1.08. The summed E-state index contributed by atoms with van der Waals surface area (Å²) in [5.74, 6) is -0.541. The van der Waals surface area contributed by atoms with Crippen LogP contribution in [0.2, 0.25) is 0 Å². The molecule has 1 saturated carbocycles. The molecular weight excluding hydrogens is 384 g/mol. The summed E-state index contributed by atoms with van der Waals surface area (Å²) in [6, 6.07) is 10.1. The molecule has 4 atom stereocenters. The van der Waals surface area contributed by atoms with Crippen LogP contribution in [0.3, 0.4) is 0 Å². The van der Waals surface area contributed by atoms with E-state index in [1.54, 1.807) is 17.4 Å². The Bertz CT molecular complexity index is 836. The molecule has 1 unspecified atom stereocenters. The number of fused-ring (bicyclic) bond motifs is 1. The highest BCUT2D eigenvalue weighted by atomic mass is 32.1. The maximum Gasteiger partial charge on any atom is 0.303 e. The molecule has 0 spiro atoms. The second-order valence-corrected chi connectivity index (χ2v) is 9.09. The molecule has 2 aromatic rings. The number of hydrogen-bond acceptors (Lipinski definition) is 4. The molecule has 29 heavy (non-hydrogen) atoms. The molecule has 0 saturated heterocycles. The summed E-state index contributed by atoms with van der Waals surface area (Å²) in [7, 11) is 0. The van der Waals surface area contributed by atoms with Gasteiger partial charge >= 0.3 is 5.97 Å². The molecule has 0 radical (unpaired) electrons. The highest BCUT2D eigenvalue weighted by molar-refractivity contribution is 7.19. The minimum Gasteiger partial charge on any atom is -0.481 e. The number of aliphatic carboxylic acids is 1. The van der Waals surface area contributed by atoms with E-state index in [1.807, 2.05) is 30.3 Å². The Balaban J connectivity index is 1.56. The van der Waals surface area contributed by atoms with Crippen molar-refractivity contribution in [3.8, 4) is 0 Å². The number of aliphatic hydroxyl groups excluding tert-OH is 2. The van der Waals surface area contributed by atoms with Crippen molar-refractivity contribution in [2.24, 2.45) is 11.8 Å². The second kappa shape index (κ2) is 10.2. The predicted octanol–water partition coefficient (Wildman–Crippen LogP) is 5.47. The lowest BCUT2D eigenvalue weighted by Gasteiger charge is -2.19. The summed E-state index contributed by atoms with van der Waals surface area (Å²) in [6.07, 6.45) is 8.05.